The van der Waals surface area contributed by atoms with E-state index in [0.717, 1.165) is 24.8 Å². The van der Waals surface area contributed by atoms with Crippen molar-refractivity contribution in [2.24, 2.45) is 16.6 Å². The number of rotatable bonds is 4. The second kappa shape index (κ2) is 6.66. The van der Waals surface area contributed by atoms with Crippen LogP contribution in [0.15, 0.2) is 30.3 Å². The zero-order chi connectivity index (χ0) is 19.1. The Morgan fingerprint density at radius 3 is 2.44 bits per heavy atom. The molecule has 3 amide bonds. The molecule has 2 N–H and O–H groups in total. The smallest absolute Gasteiger partial charge is 0.238 e. The summed E-state index contributed by atoms with van der Waals surface area (Å²) in [5.41, 5.74) is 5.60. The van der Waals surface area contributed by atoms with Crippen LogP contribution >= 0.6 is 0 Å². The van der Waals surface area contributed by atoms with E-state index in [-0.39, 0.29) is 17.2 Å². The van der Waals surface area contributed by atoms with E-state index in [0.29, 0.717) is 45.4 Å². The van der Waals surface area contributed by atoms with E-state index in [1.54, 1.807) is 0 Å². The second-order valence-electron chi connectivity index (χ2n) is 8.51. The van der Waals surface area contributed by atoms with Crippen LogP contribution in [0.3, 0.4) is 0 Å². The van der Waals surface area contributed by atoms with Gasteiger partial charge in [0, 0.05) is 38.0 Å². The Hall–Kier alpha value is -2.37. The third-order valence-corrected chi connectivity index (χ3v) is 6.54. The van der Waals surface area contributed by atoms with Crippen molar-refractivity contribution in [3.8, 4) is 0 Å². The van der Waals surface area contributed by atoms with Gasteiger partial charge >= 0.3 is 0 Å². The molecular formula is C21H27N3O3. The maximum Gasteiger partial charge on any atom is 0.238 e. The highest BCUT2D eigenvalue weighted by Gasteiger charge is 2.58. The van der Waals surface area contributed by atoms with Gasteiger partial charge in [0.25, 0.3) is 0 Å². The summed E-state index contributed by atoms with van der Waals surface area (Å²) in [5, 5.41) is 0. The number of carbonyl (C=O) groups excluding carboxylic acids is 3. The Bertz CT molecular complexity index is 759. The molecule has 1 aromatic rings. The summed E-state index contributed by atoms with van der Waals surface area (Å²) in [6.07, 6.45) is 4.40. The van der Waals surface area contributed by atoms with Crippen LogP contribution in [0.1, 0.15) is 44.1 Å². The van der Waals surface area contributed by atoms with Gasteiger partial charge in [-0.25, -0.2) is 0 Å². The lowest BCUT2D eigenvalue weighted by Crippen LogP contribution is -2.56. The van der Waals surface area contributed by atoms with Crippen LogP contribution in [0.4, 0.5) is 0 Å². The van der Waals surface area contributed by atoms with E-state index in [9.17, 15) is 14.4 Å². The fourth-order valence-electron chi connectivity index (χ4n) is 4.76. The van der Waals surface area contributed by atoms with Gasteiger partial charge in [0.05, 0.1) is 0 Å². The molecule has 144 valence electrons. The molecule has 1 aliphatic carbocycles. The van der Waals surface area contributed by atoms with Crippen molar-refractivity contribution in [1.82, 2.24) is 9.80 Å². The minimum Gasteiger partial charge on any atom is -0.369 e. The van der Waals surface area contributed by atoms with E-state index in [4.69, 9.17) is 5.73 Å². The molecule has 6 heteroatoms. The maximum absolute atomic E-state index is 12.9. The van der Waals surface area contributed by atoms with Gasteiger partial charge in [-0.15, -0.1) is 0 Å². The average molecular weight is 369 g/mol. The minimum atomic E-state index is -0.952. The summed E-state index contributed by atoms with van der Waals surface area (Å²) >= 11 is 0. The van der Waals surface area contributed by atoms with E-state index >= 15 is 0 Å². The summed E-state index contributed by atoms with van der Waals surface area (Å²) in [4.78, 5) is 41.0. The molecule has 3 fully saturated rings. The van der Waals surface area contributed by atoms with Crippen molar-refractivity contribution >= 4 is 17.7 Å². The molecule has 2 heterocycles. The topological polar surface area (TPSA) is 83.7 Å². The standard InChI is InChI=1S/C21H27N3O3/c22-18(26)21(10-11-21)19(27)23-12-4-8-20(14-23)9-7-17(25)24(15-20)13-16-5-2-1-3-6-16/h1-3,5-6H,4,7-15H2,(H2,22,26)/t20-/m0/s1. The molecule has 3 aliphatic rings. The van der Waals surface area contributed by atoms with Crippen molar-refractivity contribution in [3.63, 3.8) is 0 Å². The number of hydrogen-bond acceptors (Lipinski definition) is 3. The molecule has 0 aromatic heterocycles. The lowest BCUT2D eigenvalue weighted by Gasteiger charge is -2.48. The first-order valence-corrected chi connectivity index (χ1v) is 9.85. The van der Waals surface area contributed by atoms with Crippen LogP contribution in [0, 0.1) is 10.8 Å². The zero-order valence-electron chi connectivity index (χ0n) is 15.7. The minimum absolute atomic E-state index is 0.0652. The Balaban J connectivity index is 1.48. The molecule has 0 unspecified atom stereocenters. The van der Waals surface area contributed by atoms with E-state index in [2.05, 4.69) is 0 Å². The Morgan fingerprint density at radius 1 is 1.04 bits per heavy atom. The molecule has 2 saturated heterocycles. The number of carbonyl (C=O) groups is 3. The van der Waals surface area contributed by atoms with E-state index in [1.165, 1.54) is 0 Å². The van der Waals surface area contributed by atoms with Gasteiger partial charge in [0.2, 0.25) is 17.7 Å². The average Bonchev–Trinajstić information content (AvgIpc) is 3.47. The Kier molecular flexibility index (Phi) is 4.44. The molecule has 27 heavy (non-hydrogen) atoms. The molecule has 0 radical (unpaired) electrons. The Morgan fingerprint density at radius 2 is 1.78 bits per heavy atom. The summed E-state index contributed by atoms with van der Waals surface area (Å²) in [6.45, 7) is 2.59. The Labute approximate surface area is 159 Å². The number of nitrogens with zero attached hydrogens (tertiary/aromatic N) is 2. The highest BCUT2D eigenvalue weighted by Crippen LogP contribution is 2.48. The van der Waals surface area contributed by atoms with Gasteiger partial charge in [-0.3, -0.25) is 14.4 Å². The summed E-state index contributed by atoms with van der Waals surface area (Å²) in [7, 11) is 0. The first-order valence-electron chi connectivity index (χ1n) is 9.85. The number of primary amides is 1. The van der Waals surface area contributed by atoms with Crippen LogP contribution in [0.2, 0.25) is 0 Å². The first-order chi connectivity index (χ1) is 12.9. The van der Waals surface area contributed by atoms with Gasteiger partial charge < -0.3 is 15.5 Å². The first kappa shape index (κ1) is 18.0. The number of benzene rings is 1. The van der Waals surface area contributed by atoms with E-state index < -0.39 is 11.3 Å². The van der Waals surface area contributed by atoms with Crippen LogP contribution in [-0.4, -0.2) is 47.2 Å². The van der Waals surface area contributed by atoms with Gasteiger partial charge in [0.1, 0.15) is 5.41 Å². The van der Waals surface area contributed by atoms with Crippen LogP contribution in [0.25, 0.3) is 0 Å². The van der Waals surface area contributed by atoms with Gasteiger partial charge in [-0.2, -0.15) is 0 Å². The van der Waals surface area contributed by atoms with Crippen molar-refractivity contribution in [3.05, 3.63) is 35.9 Å². The van der Waals surface area contributed by atoms with Gasteiger partial charge in [-0.05, 0) is 37.7 Å². The van der Waals surface area contributed by atoms with Gasteiger partial charge in [-0.1, -0.05) is 30.3 Å². The van der Waals surface area contributed by atoms with Crippen molar-refractivity contribution in [1.29, 1.82) is 0 Å². The molecule has 1 spiro atoms. The summed E-state index contributed by atoms with van der Waals surface area (Å²) in [6, 6.07) is 10.0. The largest absolute Gasteiger partial charge is 0.369 e. The second-order valence-corrected chi connectivity index (χ2v) is 8.51. The quantitative estimate of drug-likeness (QED) is 0.820. The summed E-state index contributed by atoms with van der Waals surface area (Å²) in [5.74, 6) is -0.402. The van der Waals surface area contributed by atoms with Crippen LogP contribution in [0.5, 0.6) is 0 Å². The highest BCUT2D eigenvalue weighted by atomic mass is 16.2. The maximum atomic E-state index is 12.9. The molecular weight excluding hydrogens is 342 g/mol. The molecule has 1 saturated carbocycles. The van der Waals surface area contributed by atoms with Crippen LogP contribution in [-0.2, 0) is 20.9 Å². The molecule has 2 aliphatic heterocycles. The number of piperidine rings is 2. The summed E-state index contributed by atoms with van der Waals surface area (Å²) < 4.78 is 0. The fourth-order valence-corrected chi connectivity index (χ4v) is 4.76. The molecule has 0 bridgehead atoms. The third-order valence-electron chi connectivity index (χ3n) is 6.54. The normalized spacial score (nSPS) is 26.9. The SMILES string of the molecule is NC(=O)C1(C(=O)N2CCC[C@]3(CCC(=O)N(Cc4ccccc4)C3)C2)CC1. The zero-order valence-corrected chi connectivity index (χ0v) is 15.7. The highest BCUT2D eigenvalue weighted by molar-refractivity contribution is 6.07. The van der Waals surface area contributed by atoms with Crippen LogP contribution < -0.4 is 5.73 Å². The molecule has 4 rings (SSSR count). The molecule has 1 atom stereocenters. The van der Waals surface area contributed by atoms with Gasteiger partial charge in [0.15, 0.2) is 0 Å². The fraction of sp³-hybridized carbons (Fsp3) is 0.571. The lowest BCUT2D eigenvalue weighted by atomic mass is 9.73. The van der Waals surface area contributed by atoms with E-state index in [1.807, 2.05) is 40.1 Å². The predicted molar refractivity (Wildman–Crippen MR) is 100 cm³/mol. The lowest BCUT2D eigenvalue weighted by molar-refractivity contribution is -0.149. The molecule has 1 aromatic carbocycles. The number of amides is 3. The number of likely N-dealkylation sites (tertiary alicyclic amines) is 2. The van der Waals surface area contributed by atoms with Crippen molar-refractivity contribution in [2.45, 2.75) is 45.1 Å². The third kappa shape index (κ3) is 3.33. The predicted octanol–water partition coefficient (Wildman–Crippen LogP) is 1.68. The van der Waals surface area contributed by atoms with Crippen molar-refractivity contribution < 1.29 is 14.4 Å². The molecule has 6 nitrogen and oxygen atoms in total. The number of hydrogen-bond donors (Lipinski definition) is 1. The monoisotopic (exact) mass is 369 g/mol. The number of nitrogens with two attached hydrogens (primary N) is 1. The van der Waals surface area contributed by atoms with Crippen molar-refractivity contribution in [2.75, 3.05) is 19.6 Å².